The molecule has 23 heavy (non-hydrogen) atoms. The Labute approximate surface area is 139 Å². The standard InChI is InChI=1S/C18H28N2O3/c1-5-23-17-7-6-15(10-18(17)22-4)11-19-16-8-9-20(14(3)21)12-13(16)2/h6-7,10,13,16,19H,5,8-9,11-12H2,1-4H3/t13-,16+/m1/s1. The molecule has 0 radical (unpaired) electrons. The van der Waals surface area contributed by atoms with Gasteiger partial charge < -0.3 is 19.7 Å². The largest absolute Gasteiger partial charge is 0.493 e. The molecule has 1 aliphatic heterocycles. The number of hydrogen-bond donors (Lipinski definition) is 1. The Morgan fingerprint density at radius 1 is 1.39 bits per heavy atom. The zero-order chi connectivity index (χ0) is 16.8. The normalized spacial score (nSPS) is 21.1. The van der Waals surface area contributed by atoms with Crippen LogP contribution < -0.4 is 14.8 Å². The molecule has 2 rings (SSSR count). The SMILES string of the molecule is CCOc1ccc(CN[C@H]2CCN(C(C)=O)C[C@H]2C)cc1OC. The number of methoxy groups -OCH3 is 1. The van der Waals surface area contributed by atoms with Crippen LogP contribution in [0, 0.1) is 5.92 Å². The van der Waals surface area contributed by atoms with Crippen LogP contribution in [0.3, 0.4) is 0 Å². The van der Waals surface area contributed by atoms with Gasteiger partial charge >= 0.3 is 0 Å². The second kappa shape index (κ2) is 8.20. The van der Waals surface area contributed by atoms with E-state index in [0.717, 1.165) is 37.6 Å². The smallest absolute Gasteiger partial charge is 0.219 e. The van der Waals surface area contributed by atoms with E-state index in [1.807, 2.05) is 24.0 Å². The van der Waals surface area contributed by atoms with Gasteiger partial charge in [-0.2, -0.15) is 0 Å². The molecule has 1 saturated heterocycles. The van der Waals surface area contributed by atoms with Crippen molar-refractivity contribution < 1.29 is 14.3 Å². The summed E-state index contributed by atoms with van der Waals surface area (Å²) >= 11 is 0. The van der Waals surface area contributed by atoms with Gasteiger partial charge in [-0.15, -0.1) is 0 Å². The number of hydrogen-bond acceptors (Lipinski definition) is 4. The van der Waals surface area contributed by atoms with Crippen LogP contribution in [0.2, 0.25) is 0 Å². The fraction of sp³-hybridized carbons (Fsp3) is 0.611. The van der Waals surface area contributed by atoms with Crippen molar-refractivity contribution in [2.24, 2.45) is 5.92 Å². The highest BCUT2D eigenvalue weighted by molar-refractivity contribution is 5.73. The summed E-state index contributed by atoms with van der Waals surface area (Å²) in [6.45, 7) is 8.89. The number of piperidine rings is 1. The van der Waals surface area contributed by atoms with Crippen LogP contribution in [-0.2, 0) is 11.3 Å². The first kappa shape index (κ1) is 17.6. The third-order valence-electron chi connectivity index (χ3n) is 4.45. The fourth-order valence-electron chi connectivity index (χ4n) is 3.08. The summed E-state index contributed by atoms with van der Waals surface area (Å²) in [7, 11) is 1.66. The van der Waals surface area contributed by atoms with Gasteiger partial charge in [0.25, 0.3) is 0 Å². The van der Waals surface area contributed by atoms with Crippen molar-refractivity contribution in [2.45, 2.75) is 39.8 Å². The Morgan fingerprint density at radius 2 is 2.17 bits per heavy atom. The number of nitrogens with one attached hydrogen (secondary N) is 1. The highest BCUT2D eigenvalue weighted by Gasteiger charge is 2.26. The van der Waals surface area contributed by atoms with Crippen molar-refractivity contribution in [3.63, 3.8) is 0 Å². The van der Waals surface area contributed by atoms with E-state index >= 15 is 0 Å². The molecule has 1 aliphatic rings. The zero-order valence-electron chi connectivity index (χ0n) is 14.6. The lowest BCUT2D eigenvalue weighted by atomic mass is 9.93. The minimum atomic E-state index is 0.173. The Kier molecular flexibility index (Phi) is 6.28. The van der Waals surface area contributed by atoms with Crippen LogP contribution in [0.15, 0.2) is 18.2 Å². The lowest BCUT2D eigenvalue weighted by Crippen LogP contribution is -2.49. The summed E-state index contributed by atoms with van der Waals surface area (Å²) in [5, 5.41) is 3.62. The highest BCUT2D eigenvalue weighted by Crippen LogP contribution is 2.28. The van der Waals surface area contributed by atoms with E-state index in [4.69, 9.17) is 9.47 Å². The summed E-state index contributed by atoms with van der Waals surface area (Å²) in [5.41, 5.74) is 1.17. The molecule has 0 bridgehead atoms. The summed E-state index contributed by atoms with van der Waals surface area (Å²) in [6.07, 6.45) is 0.995. The van der Waals surface area contributed by atoms with Crippen molar-refractivity contribution in [2.75, 3.05) is 26.8 Å². The molecule has 0 aromatic heterocycles. The van der Waals surface area contributed by atoms with Crippen LogP contribution in [0.4, 0.5) is 0 Å². The third kappa shape index (κ3) is 4.61. The molecule has 128 valence electrons. The van der Waals surface area contributed by atoms with Gasteiger partial charge in [-0.25, -0.2) is 0 Å². The van der Waals surface area contributed by atoms with E-state index in [0.29, 0.717) is 18.6 Å². The van der Waals surface area contributed by atoms with Gasteiger partial charge in [0, 0.05) is 32.6 Å². The highest BCUT2D eigenvalue weighted by atomic mass is 16.5. The summed E-state index contributed by atoms with van der Waals surface area (Å²) in [6, 6.07) is 6.48. The van der Waals surface area contributed by atoms with E-state index in [1.165, 1.54) is 5.56 Å². The van der Waals surface area contributed by atoms with Gasteiger partial charge in [-0.1, -0.05) is 13.0 Å². The van der Waals surface area contributed by atoms with E-state index < -0.39 is 0 Å². The van der Waals surface area contributed by atoms with Crippen molar-refractivity contribution in [3.05, 3.63) is 23.8 Å². The molecule has 1 amide bonds. The second-order valence-corrected chi connectivity index (χ2v) is 6.14. The average molecular weight is 320 g/mol. The minimum absolute atomic E-state index is 0.173. The van der Waals surface area contributed by atoms with Crippen LogP contribution in [0.5, 0.6) is 11.5 Å². The van der Waals surface area contributed by atoms with Gasteiger partial charge in [0.1, 0.15) is 0 Å². The first-order valence-electron chi connectivity index (χ1n) is 8.33. The van der Waals surface area contributed by atoms with E-state index in [-0.39, 0.29) is 5.91 Å². The number of rotatable bonds is 6. The molecule has 1 aromatic rings. The maximum absolute atomic E-state index is 11.5. The molecule has 5 heteroatoms. The second-order valence-electron chi connectivity index (χ2n) is 6.14. The number of amides is 1. The maximum Gasteiger partial charge on any atom is 0.219 e. The fourth-order valence-corrected chi connectivity index (χ4v) is 3.08. The lowest BCUT2D eigenvalue weighted by Gasteiger charge is -2.37. The van der Waals surface area contributed by atoms with E-state index in [2.05, 4.69) is 18.3 Å². The molecule has 0 spiro atoms. The number of likely N-dealkylation sites (tertiary alicyclic amines) is 1. The number of benzene rings is 1. The molecular formula is C18H28N2O3. The number of ether oxygens (including phenoxy) is 2. The first-order chi connectivity index (χ1) is 11.0. The monoisotopic (exact) mass is 320 g/mol. The first-order valence-corrected chi connectivity index (χ1v) is 8.33. The van der Waals surface area contributed by atoms with Crippen molar-refractivity contribution in [3.8, 4) is 11.5 Å². The molecular weight excluding hydrogens is 292 g/mol. The molecule has 5 nitrogen and oxygen atoms in total. The predicted molar refractivity (Wildman–Crippen MR) is 90.8 cm³/mol. The van der Waals surface area contributed by atoms with Crippen LogP contribution in [-0.4, -0.2) is 43.7 Å². The molecule has 2 atom stereocenters. The average Bonchev–Trinajstić information content (AvgIpc) is 2.54. The van der Waals surface area contributed by atoms with Crippen LogP contribution in [0.1, 0.15) is 32.8 Å². The number of carbonyl (C=O) groups is 1. The van der Waals surface area contributed by atoms with Crippen LogP contribution in [0.25, 0.3) is 0 Å². The zero-order valence-corrected chi connectivity index (χ0v) is 14.6. The van der Waals surface area contributed by atoms with Gasteiger partial charge in [0.05, 0.1) is 13.7 Å². The third-order valence-corrected chi connectivity index (χ3v) is 4.45. The number of carbonyl (C=O) groups excluding carboxylic acids is 1. The molecule has 0 unspecified atom stereocenters. The summed E-state index contributed by atoms with van der Waals surface area (Å²) in [5.74, 6) is 2.18. The predicted octanol–water partition coefficient (Wildman–Crippen LogP) is 2.44. The Balaban J connectivity index is 1.92. The molecule has 1 N–H and O–H groups in total. The quantitative estimate of drug-likeness (QED) is 0.875. The molecule has 1 aromatic carbocycles. The van der Waals surface area contributed by atoms with E-state index in [1.54, 1.807) is 14.0 Å². The van der Waals surface area contributed by atoms with E-state index in [9.17, 15) is 4.79 Å². The lowest BCUT2D eigenvalue weighted by molar-refractivity contribution is -0.130. The Bertz CT molecular complexity index is 533. The number of nitrogens with zero attached hydrogens (tertiary/aromatic N) is 1. The van der Waals surface area contributed by atoms with Gasteiger partial charge in [0.2, 0.25) is 5.91 Å². The summed E-state index contributed by atoms with van der Waals surface area (Å²) < 4.78 is 10.9. The minimum Gasteiger partial charge on any atom is -0.493 e. The van der Waals surface area contributed by atoms with Gasteiger partial charge in [0.15, 0.2) is 11.5 Å². The van der Waals surface area contributed by atoms with Crippen molar-refractivity contribution in [1.82, 2.24) is 10.2 Å². The van der Waals surface area contributed by atoms with Gasteiger partial charge in [-0.3, -0.25) is 4.79 Å². The van der Waals surface area contributed by atoms with Crippen molar-refractivity contribution >= 4 is 5.91 Å². The molecule has 0 aliphatic carbocycles. The Morgan fingerprint density at radius 3 is 2.78 bits per heavy atom. The molecule has 1 fully saturated rings. The molecule has 0 saturated carbocycles. The van der Waals surface area contributed by atoms with Gasteiger partial charge in [-0.05, 0) is 37.0 Å². The molecule has 1 heterocycles. The maximum atomic E-state index is 11.5. The van der Waals surface area contributed by atoms with Crippen LogP contribution >= 0.6 is 0 Å². The van der Waals surface area contributed by atoms with Crippen molar-refractivity contribution in [1.29, 1.82) is 0 Å². The topological polar surface area (TPSA) is 50.8 Å². The summed E-state index contributed by atoms with van der Waals surface area (Å²) in [4.78, 5) is 13.4. The Hall–Kier alpha value is -1.75.